The summed E-state index contributed by atoms with van der Waals surface area (Å²) in [7, 11) is 0. The highest BCUT2D eigenvalue weighted by Gasteiger charge is 2.06. The van der Waals surface area contributed by atoms with Crippen LogP contribution in [0.3, 0.4) is 0 Å². The van der Waals surface area contributed by atoms with Gasteiger partial charge in [0, 0.05) is 6.54 Å². The molecule has 0 aliphatic rings. The number of benzene rings is 1. The molecule has 0 radical (unpaired) electrons. The lowest BCUT2D eigenvalue weighted by Gasteiger charge is -2.08. The predicted molar refractivity (Wildman–Crippen MR) is 81.3 cm³/mol. The van der Waals surface area contributed by atoms with Crippen molar-refractivity contribution in [3.05, 3.63) is 53.9 Å². The summed E-state index contributed by atoms with van der Waals surface area (Å²) in [6.07, 6.45) is 2.46. The summed E-state index contributed by atoms with van der Waals surface area (Å²) in [5, 5.41) is 14.9. The summed E-state index contributed by atoms with van der Waals surface area (Å²) in [6.45, 7) is 2.63. The van der Waals surface area contributed by atoms with Crippen LogP contribution in [0.15, 0.2) is 42.6 Å². The minimum absolute atomic E-state index is 0.180. The number of para-hydroxylation sites is 1. The first-order valence-corrected chi connectivity index (χ1v) is 6.75. The van der Waals surface area contributed by atoms with Crippen molar-refractivity contribution < 1.29 is 4.79 Å². The molecule has 5 nitrogen and oxygen atoms in total. The van der Waals surface area contributed by atoms with Crippen LogP contribution < -0.4 is 10.6 Å². The molecule has 2 aromatic rings. The standard InChI is InChI=1S/C16H16N4O/c1-2-9-18-16(21)15-8-7-13(11-19-15)20-14-6-4-3-5-12(14)10-17/h3-8,11,20H,2,9H2,1H3,(H,18,21). The predicted octanol–water partition coefficient (Wildman–Crippen LogP) is 2.84. The topological polar surface area (TPSA) is 77.8 Å². The lowest BCUT2D eigenvalue weighted by Crippen LogP contribution is -2.24. The lowest BCUT2D eigenvalue weighted by molar-refractivity contribution is 0.0949. The molecule has 0 fully saturated rings. The van der Waals surface area contributed by atoms with Gasteiger partial charge < -0.3 is 10.6 Å². The second kappa shape index (κ2) is 7.06. The van der Waals surface area contributed by atoms with E-state index in [1.165, 1.54) is 0 Å². The molecule has 106 valence electrons. The number of nitriles is 1. The quantitative estimate of drug-likeness (QED) is 0.882. The van der Waals surface area contributed by atoms with E-state index in [1.807, 2.05) is 25.1 Å². The third kappa shape index (κ3) is 3.80. The van der Waals surface area contributed by atoms with E-state index >= 15 is 0 Å². The second-order valence-corrected chi connectivity index (χ2v) is 4.47. The van der Waals surface area contributed by atoms with Gasteiger partial charge in [-0.15, -0.1) is 0 Å². The van der Waals surface area contributed by atoms with Gasteiger partial charge in [0.1, 0.15) is 11.8 Å². The van der Waals surface area contributed by atoms with Crippen LogP contribution in [0.1, 0.15) is 29.4 Å². The molecule has 1 aromatic heterocycles. The molecule has 5 heteroatoms. The van der Waals surface area contributed by atoms with Gasteiger partial charge in [0.15, 0.2) is 0 Å². The number of nitrogens with zero attached hydrogens (tertiary/aromatic N) is 2. The molecule has 0 aliphatic carbocycles. The second-order valence-electron chi connectivity index (χ2n) is 4.47. The maximum absolute atomic E-state index is 11.7. The largest absolute Gasteiger partial charge is 0.353 e. The first-order valence-electron chi connectivity index (χ1n) is 6.75. The highest BCUT2D eigenvalue weighted by atomic mass is 16.1. The van der Waals surface area contributed by atoms with Gasteiger partial charge in [-0.1, -0.05) is 19.1 Å². The molecule has 1 heterocycles. The lowest BCUT2D eigenvalue weighted by atomic mass is 10.2. The fourth-order valence-electron chi connectivity index (χ4n) is 1.78. The van der Waals surface area contributed by atoms with Gasteiger partial charge in [0.25, 0.3) is 5.91 Å². The van der Waals surface area contributed by atoms with Crippen LogP contribution in [0.5, 0.6) is 0 Å². The number of carbonyl (C=O) groups excluding carboxylic acids is 1. The van der Waals surface area contributed by atoms with Crippen LogP contribution in [-0.4, -0.2) is 17.4 Å². The Morgan fingerprint density at radius 3 is 2.76 bits per heavy atom. The highest BCUT2D eigenvalue weighted by molar-refractivity contribution is 5.92. The van der Waals surface area contributed by atoms with Crippen LogP contribution in [0, 0.1) is 11.3 Å². The van der Waals surface area contributed by atoms with Gasteiger partial charge in [0.05, 0.1) is 23.1 Å². The van der Waals surface area contributed by atoms with Gasteiger partial charge in [-0.3, -0.25) is 4.79 Å². The molecule has 0 saturated carbocycles. The van der Waals surface area contributed by atoms with Gasteiger partial charge in [-0.2, -0.15) is 5.26 Å². The van der Waals surface area contributed by atoms with Crippen molar-refractivity contribution in [2.45, 2.75) is 13.3 Å². The van der Waals surface area contributed by atoms with Crippen LogP contribution >= 0.6 is 0 Å². The molecule has 0 unspecified atom stereocenters. The van der Waals surface area contributed by atoms with E-state index < -0.39 is 0 Å². The third-order valence-corrected chi connectivity index (χ3v) is 2.86. The average Bonchev–Trinajstić information content (AvgIpc) is 2.54. The van der Waals surface area contributed by atoms with E-state index in [4.69, 9.17) is 5.26 Å². The molecule has 0 spiro atoms. The number of carbonyl (C=O) groups is 1. The van der Waals surface area contributed by atoms with E-state index in [0.717, 1.165) is 12.1 Å². The van der Waals surface area contributed by atoms with Gasteiger partial charge >= 0.3 is 0 Å². The highest BCUT2D eigenvalue weighted by Crippen LogP contribution is 2.19. The zero-order valence-corrected chi connectivity index (χ0v) is 11.8. The number of rotatable bonds is 5. The van der Waals surface area contributed by atoms with E-state index in [2.05, 4.69) is 21.7 Å². The smallest absolute Gasteiger partial charge is 0.269 e. The summed E-state index contributed by atoms with van der Waals surface area (Å²) in [5.41, 5.74) is 2.37. The van der Waals surface area contributed by atoms with E-state index in [9.17, 15) is 4.79 Å². The van der Waals surface area contributed by atoms with Crippen molar-refractivity contribution in [3.63, 3.8) is 0 Å². The average molecular weight is 280 g/mol. The molecule has 2 N–H and O–H groups in total. The molecular weight excluding hydrogens is 264 g/mol. The van der Waals surface area contributed by atoms with Crippen molar-refractivity contribution in [1.29, 1.82) is 5.26 Å². The number of amides is 1. The number of nitrogens with one attached hydrogen (secondary N) is 2. The molecule has 0 bridgehead atoms. The summed E-state index contributed by atoms with van der Waals surface area (Å²) in [5.74, 6) is -0.180. The van der Waals surface area contributed by atoms with E-state index in [1.54, 1.807) is 24.4 Å². The molecule has 2 rings (SSSR count). The van der Waals surface area contributed by atoms with Gasteiger partial charge in [0.2, 0.25) is 0 Å². The monoisotopic (exact) mass is 280 g/mol. The van der Waals surface area contributed by atoms with Gasteiger partial charge in [-0.25, -0.2) is 4.98 Å². The first kappa shape index (κ1) is 14.5. The number of anilines is 2. The Labute approximate surface area is 123 Å². The molecule has 1 amide bonds. The Bertz CT molecular complexity index is 659. The zero-order valence-electron chi connectivity index (χ0n) is 11.8. The maximum atomic E-state index is 11.7. The Kier molecular flexibility index (Phi) is 4.89. The maximum Gasteiger partial charge on any atom is 0.269 e. The van der Waals surface area contributed by atoms with Crippen molar-refractivity contribution in [3.8, 4) is 6.07 Å². The fourth-order valence-corrected chi connectivity index (χ4v) is 1.78. The van der Waals surface area contributed by atoms with Crippen molar-refractivity contribution >= 4 is 17.3 Å². The molecule has 1 aromatic carbocycles. The molecule has 0 saturated heterocycles. The Balaban J connectivity index is 2.09. The Morgan fingerprint density at radius 1 is 1.29 bits per heavy atom. The summed E-state index contributed by atoms with van der Waals surface area (Å²) in [4.78, 5) is 15.9. The summed E-state index contributed by atoms with van der Waals surface area (Å²) < 4.78 is 0. The van der Waals surface area contributed by atoms with Crippen molar-refractivity contribution in [1.82, 2.24) is 10.3 Å². The SMILES string of the molecule is CCCNC(=O)c1ccc(Nc2ccccc2C#N)cn1. The van der Waals surface area contributed by atoms with E-state index in [0.29, 0.717) is 23.5 Å². The zero-order chi connectivity index (χ0) is 15.1. The number of aromatic nitrogens is 1. The normalized spacial score (nSPS) is 9.71. The molecule has 21 heavy (non-hydrogen) atoms. The van der Waals surface area contributed by atoms with E-state index in [-0.39, 0.29) is 5.91 Å². The fraction of sp³-hybridized carbons (Fsp3) is 0.188. The number of hydrogen-bond donors (Lipinski definition) is 2. The Morgan fingerprint density at radius 2 is 2.10 bits per heavy atom. The molecular formula is C16H16N4O. The first-order chi connectivity index (χ1) is 10.2. The Hall–Kier alpha value is -2.87. The number of pyridine rings is 1. The number of hydrogen-bond acceptors (Lipinski definition) is 4. The van der Waals surface area contributed by atoms with Crippen molar-refractivity contribution in [2.24, 2.45) is 0 Å². The molecule has 0 atom stereocenters. The van der Waals surface area contributed by atoms with Crippen LogP contribution in [0.25, 0.3) is 0 Å². The van der Waals surface area contributed by atoms with Crippen LogP contribution in [0.2, 0.25) is 0 Å². The minimum Gasteiger partial charge on any atom is -0.353 e. The van der Waals surface area contributed by atoms with Crippen molar-refractivity contribution in [2.75, 3.05) is 11.9 Å². The summed E-state index contributed by atoms with van der Waals surface area (Å²) >= 11 is 0. The minimum atomic E-state index is -0.180. The molecule has 0 aliphatic heterocycles. The van der Waals surface area contributed by atoms with Gasteiger partial charge in [-0.05, 0) is 30.7 Å². The van der Waals surface area contributed by atoms with Crippen LogP contribution in [0.4, 0.5) is 11.4 Å². The third-order valence-electron chi connectivity index (χ3n) is 2.86. The summed E-state index contributed by atoms with van der Waals surface area (Å²) in [6, 6.07) is 12.8. The van der Waals surface area contributed by atoms with Crippen LogP contribution in [-0.2, 0) is 0 Å².